The highest BCUT2D eigenvalue weighted by atomic mass is 16.5. The van der Waals surface area contributed by atoms with Gasteiger partial charge in [0.05, 0.1) is 6.07 Å². The fourth-order valence-corrected chi connectivity index (χ4v) is 2.79. The molecule has 1 aliphatic rings. The lowest BCUT2D eigenvalue weighted by atomic mass is 9.74. The topological polar surface area (TPSA) is 45.4 Å². The summed E-state index contributed by atoms with van der Waals surface area (Å²) in [7, 11) is 0. The highest BCUT2D eigenvalue weighted by molar-refractivity contribution is 5.57. The van der Waals surface area contributed by atoms with E-state index in [-0.39, 0.29) is 0 Å². The van der Waals surface area contributed by atoms with Crippen molar-refractivity contribution in [2.24, 2.45) is 4.99 Å². The van der Waals surface area contributed by atoms with Crippen molar-refractivity contribution in [1.29, 1.82) is 5.26 Å². The molecule has 0 N–H and O–H groups in total. The largest absolute Gasteiger partial charge is 0.469 e. The van der Waals surface area contributed by atoms with Gasteiger partial charge in [-0.25, -0.2) is 4.99 Å². The number of nitrogens with zero attached hydrogens (tertiary/aromatic N) is 2. The van der Waals surface area contributed by atoms with E-state index in [1.54, 1.807) is 0 Å². The van der Waals surface area contributed by atoms with Crippen LogP contribution in [-0.4, -0.2) is 11.9 Å². The standard InChI is InChI=1S/C18H16N2O/c1-17(16-10-6-3-7-11-16)18(13-19,20-14-21-17)12-15-8-4-2-5-9-15/h2-11,14H,12H2,1H3. The van der Waals surface area contributed by atoms with Gasteiger partial charge in [0.1, 0.15) is 0 Å². The van der Waals surface area contributed by atoms with E-state index in [1.807, 2.05) is 67.6 Å². The molecule has 0 spiro atoms. The summed E-state index contributed by atoms with van der Waals surface area (Å²) in [4.78, 5) is 4.40. The summed E-state index contributed by atoms with van der Waals surface area (Å²) in [5, 5.41) is 9.83. The Bertz CT molecular complexity index is 690. The molecule has 2 atom stereocenters. The maximum Gasteiger partial charge on any atom is 0.197 e. The number of rotatable bonds is 3. The Kier molecular flexibility index (Phi) is 3.23. The van der Waals surface area contributed by atoms with Gasteiger partial charge in [0.2, 0.25) is 0 Å². The van der Waals surface area contributed by atoms with E-state index in [2.05, 4.69) is 11.1 Å². The van der Waals surface area contributed by atoms with Crippen LogP contribution in [-0.2, 0) is 16.8 Å². The number of nitriles is 1. The number of hydrogen-bond acceptors (Lipinski definition) is 3. The number of benzene rings is 2. The minimum atomic E-state index is -0.949. The van der Waals surface area contributed by atoms with Gasteiger partial charge in [-0.15, -0.1) is 0 Å². The molecule has 1 heterocycles. The average molecular weight is 276 g/mol. The van der Waals surface area contributed by atoms with E-state index >= 15 is 0 Å². The van der Waals surface area contributed by atoms with Crippen LogP contribution in [0.3, 0.4) is 0 Å². The van der Waals surface area contributed by atoms with E-state index in [4.69, 9.17) is 4.74 Å². The second-order valence-electron chi connectivity index (χ2n) is 5.39. The SMILES string of the molecule is CC1(c2ccccc2)OC=NC1(C#N)Cc1ccccc1. The fraction of sp³-hybridized carbons (Fsp3) is 0.222. The second-order valence-corrected chi connectivity index (χ2v) is 5.39. The van der Waals surface area contributed by atoms with Crippen molar-refractivity contribution < 1.29 is 4.74 Å². The Labute approximate surface area is 124 Å². The average Bonchev–Trinajstić information content (AvgIpc) is 2.87. The van der Waals surface area contributed by atoms with Gasteiger partial charge in [-0.05, 0) is 18.1 Å². The van der Waals surface area contributed by atoms with Crippen molar-refractivity contribution in [1.82, 2.24) is 0 Å². The molecule has 0 radical (unpaired) electrons. The maximum atomic E-state index is 9.83. The summed E-state index contributed by atoms with van der Waals surface area (Å²) >= 11 is 0. The molecule has 2 unspecified atom stereocenters. The Morgan fingerprint density at radius 3 is 2.29 bits per heavy atom. The van der Waals surface area contributed by atoms with Gasteiger partial charge in [0.15, 0.2) is 17.5 Å². The lowest BCUT2D eigenvalue weighted by Crippen LogP contribution is -2.47. The van der Waals surface area contributed by atoms with Crippen LogP contribution < -0.4 is 0 Å². The second kappa shape index (κ2) is 5.06. The third-order valence-corrected chi connectivity index (χ3v) is 4.16. The zero-order valence-electron chi connectivity index (χ0n) is 11.9. The highest BCUT2D eigenvalue weighted by Crippen LogP contribution is 2.44. The van der Waals surface area contributed by atoms with Crippen LogP contribution in [0.5, 0.6) is 0 Å². The first kappa shape index (κ1) is 13.4. The van der Waals surface area contributed by atoms with E-state index in [9.17, 15) is 5.26 Å². The fourth-order valence-electron chi connectivity index (χ4n) is 2.79. The quantitative estimate of drug-likeness (QED) is 0.861. The molecule has 2 aromatic carbocycles. The number of aliphatic imine (C=N–C) groups is 1. The molecular weight excluding hydrogens is 260 g/mol. The van der Waals surface area contributed by atoms with E-state index in [0.717, 1.165) is 11.1 Å². The Morgan fingerprint density at radius 2 is 1.67 bits per heavy atom. The molecule has 2 aromatic rings. The zero-order valence-corrected chi connectivity index (χ0v) is 11.9. The molecule has 0 aliphatic carbocycles. The molecule has 21 heavy (non-hydrogen) atoms. The van der Waals surface area contributed by atoms with Crippen LogP contribution in [0.25, 0.3) is 0 Å². The molecule has 1 aliphatic heterocycles. The molecule has 0 fully saturated rings. The van der Waals surface area contributed by atoms with Crippen molar-refractivity contribution in [3.63, 3.8) is 0 Å². The van der Waals surface area contributed by atoms with Crippen molar-refractivity contribution in [3.05, 3.63) is 71.8 Å². The monoisotopic (exact) mass is 276 g/mol. The first-order chi connectivity index (χ1) is 10.2. The third kappa shape index (κ3) is 2.09. The molecule has 3 nitrogen and oxygen atoms in total. The lowest BCUT2D eigenvalue weighted by molar-refractivity contribution is 0.0513. The van der Waals surface area contributed by atoms with Crippen LogP contribution in [0.15, 0.2) is 65.7 Å². The molecular formula is C18H16N2O. The molecule has 0 aromatic heterocycles. The van der Waals surface area contributed by atoms with Gasteiger partial charge in [-0.3, -0.25) is 0 Å². The van der Waals surface area contributed by atoms with Gasteiger partial charge in [-0.1, -0.05) is 60.7 Å². The molecule has 104 valence electrons. The summed E-state index contributed by atoms with van der Waals surface area (Å²) in [6.45, 7) is 1.93. The van der Waals surface area contributed by atoms with E-state index < -0.39 is 11.1 Å². The van der Waals surface area contributed by atoms with Gasteiger partial charge in [0.25, 0.3) is 0 Å². The van der Waals surface area contributed by atoms with Gasteiger partial charge in [0, 0.05) is 6.42 Å². The molecule has 3 rings (SSSR count). The van der Waals surface area contributed by atoms with Gasteiger partial charge < -0.3 is 4.74 Å². The molecule has 0 amide bonds. The van der Waals surface area contributed by atoms with Crippen LogP contribution >= 0.6 is 0 Å². The maximum absolute atomic E-state index is 9.83. The van der Waals surface area contributed by atoms with Crippen LogP contribution in [0.4, 0.5) is 0 Å². The van der Waals surface area contributed by atoms with Crippen molar-refractivity contribution in [2.75, 3.05) is 0 Å². The van der Waals surface area contributed by atoms with E-state index in [1.165, 1.54) is 6.40 Å². The summed E-state index contributed by atoms with van der Waals surface area (Å²) < 4.78 is 5.79. The Morgan fingerprint density at radius 1 is 1.05 bits per heavy atom. The van der Waals surface area contributed by atoms with Crippen molar-refractivity contribution in [3.8, 4) is 6.07 Å². The summed E-state index contributed by atoms with van der Waals surface area (Å²) in [5.74, 6) is 0. The molecule has 0 saturated carbocycles. The zero-order chi connectivity index (χ0) is 14.8. The van der Waals surface area contributed by atoms with Gasteiger partial charge in [-0.2, -0.15) is 5.26 Å². The third-order valence-electron chi connectivity index (χ3n) is 4.16. The van der Waals surface area contributed by atoms with E-state index in [0.29, 0.717) is 6.42 Å². The molecule has 0 saturated heterocycles. The van der Waals surface area contributed by atoms with Crippen LogP contribution in [0.2, 0.25) is 0 Å². The van der Waals surface area contributed by atoms with Crippen LogP contribution in [0, 0.1) is 11.3 Å². The first-order valence-electron chi connectivity index (χ1n) is 6.92. The van der Waals surface area contributed by atoms with Crippen LogP contribution in [0.1, 0.15) is 18.1 Å². The summed E-state index contributed by atoms with van der Waals surface area (Å²) in [6, 6.07) is 22.1. The predicted molar refractivity (Wildman–Crippen MR) is 81.9 cm³/mol. The Hall–Kier alpha value is -2.60. The number of ether oxygens (including phenoxy) is 1. The number of hydrogen-bond donors (Lipinski definition) is 0. The molecule has 0 bridgehead atoms. The summed E-state index contributed by atoms with van der Waals surface area (Å²) in [5.41, 5.74) is 0.304. The predicted octanol–water partition coefficient (Wildman–Crippen LogP) is 3.47. The highest BCUT2D eigenvalue weighted by Gasteiger charge is 2.55. The minimum absolute atomic E-state index is 0.520. The smallest absolute Gasteiger partial charge is 0.197 e. The van der Waals surface area contributed by atoms with Gasteiger partial charge >= 0.3 is 0 Å². The lowest BCUT2D eigenvalue weighted by Gasteiger charge is -2.35. The first-order valence-corrected chi connectivity index (χ1v) is 6.92. The normalized spacial score (nSPS) is 27.0. The Balaban J connectivity index is 2.04. The minimum Gasteiger partial charge on any atom is -0.469 e. The summed E-state index contributed by atoms with van der Waals surface area (Å²) in [6.07, 6.45) is 1.94. The van der Waals surface area contributed by atoms with Crippen molar-refractivity contribution in [2.45, 2.75) is 24.5 Å². The molecule has 3 heteroatoms. The van der Waals surface area contributed by atoms with Crippen molar-refractivity contribution >= 4 is 6.40 Å².